The molecule has 1 heterocycles. The molecule has 0 radical (unpaired) electrons. The molecule has 3 rings (SSSR count). The summed E-state index contributed by atoms with van der Waals surface area (Å²) in [5.74, 6) is -0.541. The molecule has 2 amide bonds. The minimum atomic E-state index is -0.390. The molecule has 0 spiro atoms. The first kappa shape index (κ1) is 20.0. The predicted octanol–water partition coefficient (Wildman–Crippen LogP) is 4.96. The number of hydrogen-bond donors (Lipinski definition) is 3. The van der Waals surface area contributed by atoms with Crippen LogP contribution in [0.4, 0.5) is 27.3 Å². The van der Waals surface area contributed by atoms with Gasteiger partial charge < -0.3 is 16.0 Å². The van der Waals surface area contributed by atoms with Gasteiger partial charge in [-0.3, -0.25) is 9.59 Å². The van der Waals surface area contributed by atoms with Gasteiger partial charge in [0.1, 0.15) is 11.6 Å². The number of pyridine rings is 1. The zero-order valence-electron chi connectivity index (χ0n) is 15.9. The van der Waals surface area contributed by atoms with Crippen molar-refractivity contribution in [1.82, 2.24) is 4.98 Å². The number of hydrogen-bond acceptors (Lipinski definition) is 4. The largest absolute Gasteiger partial charge is 0.339 e. The van der Waals surface area contributed by atoms with Crippen molar-refractivity contribution in [3.63, 3.8) is 0 Å². The number of anilines is 4. The molecule has 29 heavy (non-hydrogen) atoms. The Balaban J connectivity index is 1.75. The Morgan fingerprint density at radius 1 is 0.931 bits per heavy atom. The average molecular weight is 392 g/mol. The number of amides is 2. The zero-order valence-corrected chi connectivity index (χ0v) is 15.9. The predicted molar refractivity (Wildman–Crippen MR) is 112 cm³/mol. The first-order chi connectivity index (χ1) is 14.0. The molecule has 0 atom stereocenters. The van der Waals surface area contributed by atoms with E-state index in [2.05, 4.69) is 20.9 Å². The van der Waals surface area contributed by atoms with Gasteiger partial charge in [0.05, 0.1) is 5.56 Å². The van der Waals surface area contributed by atoms with E-state index in [0.29, 0.717) is 34.9 Å². The number of rotatable bonds is 7. The molecule has 0 unspecified atom stereocenters. The van der Waals surface area contributed by atoms with Crippen molar-refractivity contribution in [3.8, 4) is 0 Å². The summed E-state index contributed by atoms with van der Waals surface area (Å²) in [6.45, 7) is 1.93. The molecule has 3 N–H and O–H groups in total. The van der Waals surface area contributed by atoms with Gasteiger partial charge >= 0.3 is 0 Å². The number of nitrogens with zero attached hydrogens (tertiary/aromatic N) is 1. The lowest BCUT2D eigenvalue weighted by atomic mass is 10.2. The molecule has 0 aliphatic rings. The van der Waals surface area contributed by atoms with E-state index in [-0.39, 0.29) is 17.6 Å². The van der Waals surface area contributed by atoms with Crippen molar-refractivity contribution in [2.24, 2.45) is 0 Å². The Bertz CT molecular complexity index is 1020. The van der Waals surface area contributed by atoms with Crippen LogP contribution in [0.1, 0.15) is 30.1 Å². The van der Waals surface area contributed by atoms with E-state index in [4.69, 9.17) is 0 Å². The van der Waals surface area contributed by atoms with Crippen molar-refractivity contribution >= 4 is 34.7 Å². The van der Waals surface area contributed by atoms with Crippen molar-refractivity contribution in [1.29, 1.82) is 0 Å². The van der Waals surface area contributed by atoms with E-state index in [0.717, 1.165) is 6.42 Å². The summed E-state index contributed by atoms with van der Waals surface area (Å²) in [7, 11) is 0. The van der Waals surface area contributed by atoms with Gasteiger partial charge in [-0.25, -0.2) is 9.37 Å². The Morgan fingerprint density at radius 3 is 2.41 bits per heavy atom. The van der Waals surface area contributed by atoms with Crippen LogP contribution in [0.25, 0.3) is 0 Å². The highest BCUT2D eigenvalue weighted by atomic mass is 19.1. The minimum Gasteiger partial charge on any atom is -0.339 e. The van der Waals surface area contributed by atoms with E-state index in [1.165, 1.54) is 12.1 Å². The number of nitrogens with one attached hydrogen (secondary N) is 3. The first-order valence-corrected chi connectivity index (χ1v) is 9.24. The van der Waals surface area contributed by atoms with Gasteiger partial charge in [0.25, 0.3) is 5.91 Å². The van der Waals surface area contributed by atoms with Crippen LogP contribution >= 0.6 is 0 Å². The Kier molecular flexibility index (Phi) is 6.52. The lowest BCUT2D eigenvalue weighted by Gasteiger charge is -2.12. The highest BCUT2D eigenvalue weighted by molar-refractivity contribution is 6.08. The molecule has 0 bridgehead atoms. The molecule has 0 saturated carbocycles. The smallest absolute Gasteiger partial charge is 0.259 e. The summed E-state index contributed by atoms with van der Waals surface area (Å²) in [6.07, 6.45) is 2.73. The number of benzene rings is 2. The number of halogens is 1. The van der Waals surface area contributed by atoms with Crippen molar-refractivity contribution in [2.75, 3.05) is 16.0 Å². The molecule has 0 fully saturated rings. The highest BCUT2D eigenvalue weighted by Gasteiger charge is 2.13. The summed E-state index contributed by atoms with van der Waals surface area (Å²) in [5.41, 5.74) is 1.92. The maximum Gasteiger partial charge on any atom is 0.259 e. The summed E-state index contributed by atoms with van der Waals surface area (Å²) in [5, 5.41) is 8.55. The molecule has 6 nitrogen and oxygen atoms in total. The molecule has 2 aromatic carbocycles. The molecule has 148 valence electrons. The second-order valence-corrected chi connectivity index (χ2v) is 6.37. The molecular formula is C22H21FN4O2. The normalized spacial score (nSPS) is 10.3. The molecule has 1 aromatic heterocycles. The van der Waals surface area contributed by atoms with Gasteiger partial charge in [-0.15, -0.1) is 0 Å². The van der Waals surface area contributed by atoms with Gasteiger partial charge in [0.15, 0.2) is 0 Å². The van der Waals surface area contributed by atoms with E-state index < -0.39 is 0 Å². The third-order valence-corrected chi connectivity index (χ3v) is 4.02. The van der Waals surface area contributed by atoms with E-state index in [1.54, 1.807) is 54.7 Å². The van der Waals surface area contributed by atoms with Gasteiger partial charge in [-0.1, -0.05) is 19.1 Å². The Labute approximate surface area is 168 Å². The maximum absolute atomic E-state index is 13.4. The van der Waals surface area contributed by atoms with E-state index in [1.807, 2.05) is 6.92 Å². The molecular weight excluding hydrogens is 371 g/mol. The van der Waals surface area contributed by atoms with E-state index >= 15 is 0 Å². The Morgan fingerprint density at radius 2 is 1.66 bits per heavy atom. The van der Waals surface area contributed by atoms with Gasteiger partial charge in [0.2, 0.25) is 5.91 Å². The number of carbonyl (C=O) groups excluding carboxylic acids is 2. The van der Waals surface area contributed by atoms with Gasteiger partial charge in [-0.2, -0.15) is 0 Å². The Hall–Kier alpha value is -3.74. The monoisotopic (exact) mass is 392 g/mol. The topological polar surface area (TPSA) is 83.1 Å². The first-order valence-electron chi connectivity index (χ1n) is 9.24. The van der Waals surface area contributed by atoms with Crippen LogP contribution < -0.4 is 16.0 Å². The molecule has 7 heteroatoms. The minimum absolute atomic E-state index is 0.0789. The molecule has 0 aliphatic heterocycles. The fourth-order valence-corrected chi connectivity index (χ4v) is 2.71. The van der Waals surface area contributed by atoms with Crippen LogP contribution in [0, 0.1) is 5.82 Å². The standard InChI is InChI=1S/C22H21FN4O2/c1-2-6-20(28)25-17-9-4-10-18(14-17)27-22(29)19-11-5-12-24-21(19)26-16-8-3-7-15(23)13-16/h3-5,7-14H,2,6H2,1H3,(H,24,26)(H,25,28)(H,27,29). The summed E-state index contributed by atoms with van der Waals surface area (Å²) < 4.78 is 13.4. The molecule has 0 saturated heterocycles. The van der Waals surface area contributed by atoms with E-state index in [9.17, 15) is 14.0 Å². The van der Waals surface area contributed by atoms with Crippen LogP contribution in [-0.2, 0) is 4.79 Å². The SMILES string of the molecule is CCCC(=O)Nc1cccc(NC(=O)c2cccnc2Nc2cccc(F)c2)c1. The van der Waals surface area contributed by atoms with Crippen molar-refractivity contribution in [2.45, 2.75) is 19.8 Å². The van der Waals surface area contributed by atoms with Crippen LogP contribution in [0.3, 0.4) is 0 Å². The summed E-state index contributed by atoms with van der Waals surface area (Å²) in [4.78, 5) is 28.7. The maximum atomic E-state index is 13.4. The fraction of sp³-hybridized carbons (Fsp3) is 0.136. The second-order valence-electron chi connectivity index (χ2n) is 6.37. The van der Waals surface area contributed by atoms with Crippen molar-refractivity contribution < 1.29 is 14.0 Å². The lowest BCUT2D eigenvalue weighted by Crippen LogP contribution is -2.15. The van der Waals surface area contributed by atoms with Gasteiger partial charge in [-0.05, 0) is 55.0 Å². The van der Waals surface area contributed by atoms with Crippen LogP contribution in [0.2, 0.25) is 0 Å². The van der Waals surface area contributed by atoms with Gasteiger partial charge in [0, 0.05) is 29.7 Å². The zero-order chi connectivity index (χ0) is 20.6. The average Bonchev–Trinajstić information content (AvgIpc) is 2.69. The number of carbonyl (C=O) groups is 2. The lowest BCUT2D eigenvalue weighted by molar-refractivity contribution is -0.116. The van der Waals surface area contributed by atoms with Crippen LogP contribution in [0.15, 0.2) is 66.9 Å². The fourth-order valence-electron chi connectivity index (χ4n) is 2.71. The second kappa shape index (κ2) is 9.45. The molecule has 3 aromatic rings. The highest BCUT2D eigenvalue weighted by Crippen LogP contribution is 2.21. The third kappa shape index (κ3) is 5.62. The summed E-state index contributed by atoms with van der Waals surface area (Å²) in [6, 6.07) is 16.1. The molecule has 0 aliphatic carbocycles. The third-order valence-electron chi connectivity index (χ3n) is 4.02. The van der Waals surface area contributed by atoms with Crippen LogP contribution in [-0.4, -0.2) is 16.8 Å². The van der Waals surface area contributed by atoms with Crippen LogP contribution in [0.5, 0.6) is 0 Å². The quantitative estimate of drug-likeness (QED) is 0.531. The number of aromatic nitrogens is 1. The summed E-state index contributed by atoms with van der Waals surface area (Å²) >= 11 is 0. The van der Waals surface area contributed by atoms with Crippen molar-refractivity contribution in [3.05, 3.63) is 78.2 Å².